The topological polar surface area (TPSA) is 67.9 Å². The Kier molecular flexibility index (Phi) is 5.90. The molecule has 1 aromatic heterocycles. The molecule has 0 spiro atoms. The summed E-state index contributed by atoms with van der Waals surface area (Å²) in [6.07, 6.45) is 3.34. The molecule has 0 saturated carbocycles. The minimum absolute atomic E-state index is 0.104. The Bertz CT molecular complexity index is 1090. The van der Waals surface area contributed by atoms with Crippen LogP contribution in [-0.2, 0) is 0 Å². The van der Waals surface area contributed by atoms with Gasteiger partial charge in [0.25, 0.3) is 11.8 Å². The highest BCUT2D eigenvalue weighted by Crippen LogP contribution is 2.31. The van der Waals surface area contributed by atoms with Gasteiger partial charge in [-0.25, -0.2) is 0 Å². The minimum atomic E-state index is -0.241. The summed E-state index contributed by atoms with van der Waals surface area (Å²) in [5, 5.41) is 3.86. The second kappa shape index (κ2) is 8.75. The van der Waals surface area contributed by atoms with E-state index < -0.39 is 0 Å². The van der Waals surface area contributed by atoms with Crippen molar-refractivity contribution in [1.82, 2.24) is 4.90 Å². The number of thiophene rings is 1. The number of methoxy groups -OCH3 is 2. The summed E-state index contributed by atoms with van der Waals surface area (Å²) in [5.74, 6) is 0.931. The van der Waals surface area contributed by atoms with Gasteiger partial charge in [0, 0.05) is 29.0 Å². The lowest BCUT2D eigenvalue weighted by atomic mass is 10.1. The molecule has 1 fully saturated rings. The first-order valence-corrected chi connectivity index (χ1v) is 10.8. The van der Waals surface area contributed by atoms with Gasteiger partial charge in [0.1, 0.15) is 0 Å². The molecule has 2 aromatic carbocycles. The van der Waals surface area contributed by atoms with Gasteiger partial charge < -0.3 is 19.7 Å². The fourth-order valence-corrected chi connectivity index (χ4v) is 4.67. The number of piperidine rings is 1. The second-order valence-corrected chi connectivity index (χ2v) is 8.32. The summed E-state index contributed by atoms with van der Waals surface area (Å²) in [5.41, 5.74) is 1.15. The van der Waals surface area contributed by atoms with Crippen LogP contribution in [0.2, 0.25) is 0 Å². The third-order valence-electron chi connectivity index (χ3n) is 5.27. The first kappa shape index (κ1) is 20.2. The lowest BCUT2D eigenvalue weighted by Crippen LogP contribution is -2.35. The number of amides is 2. The molecule has 4 rings (SSSR count). The fourth-order valence-electron chi connectivity index (χ4n) is 3.66. The zero-order valence-corrected chi connectivity index (χ0v) is 17.9. The molecule has 156 valence electrons. The molecule has 1 saturated heterocycles. The summed E-state index contributed by atoms with van der Waals surface area (Å²) in [7, 11) is 3.09. The maximum absolute atomic E-state index is 12.8. The monoisotopic (exact) mass is 424 g/mol. The normalized spacial score (nSPS) is 13.9. The number of carbonyl (C=O) groups excluding carboxylic acids is 2. The SMILES string of the molecule is COc1ccc(C(=O)Nc2ccc3sc(C(=O)N4CCCCC4)cc3c2)cc1OC. The van der Waals surface area contributed by atoms with E-state index in [9.17, 15) is 9.59 Å². The summed E-state index contributed by atoms with van der Waals surface area (Å²) in [6.45, 7) is 1.67. The zero-order chi connectivity index (χ0) is 21.1. The van der Waals surface area contributed by atoms with Gasteiger partial charge in [-0.15, -0.1) is 11.3 Å². The third-order valence-corrected chi connectivity index (χ3v) is 6.38. The number of nitrogens with one attached hydrogen (secondary N) is 1. The molecule has 0 aliphatic carbocycles. The van der Waals surface area contributed by atoms with Gasteiger partial charge in [-0.05, 0) is 67.1 Å². The minimum Gasteiger partial charge on any atom is -0.493 e. The van der Waals surface area contributed by atoms with E-state index in [1.807, 2.05) is 29.2 Å². The van der Waals surface area contributed by atoms with Crippen LogP contribution in [0.5, 0.6) is 11.5 Å². The Morgan fingerprint density at radius 2 is 1.70 bits per heavy atom. The average molecular weight is 425 g/mol. The Labute approximate surface area is 179 Å². The summed E-state index contributed by atoms with van der Waals surface area (Å²) >= 11 is 1.50. The van der Waals surface area contributed by atoms with Crippen LogP contribution in [0.4, 0.5) is 5.69 Å². The lowest BCUT2D eigenvalue weighted by Gasteiger charge is -2.26. The van der Waals surface area contributed by atoms with Crippen molar-refractivity contribution in [2.24, 2.45) is 0 Å². The highest BCUT2D eigenvalue weighted by Gasteiger charge is 2.20. The molecule has 1 aliphatic rings. The van der Waals surface area contributed by atoms with Gasteiger partial charge in [0.15, 0.2) is 11.5 Å². The molecule has 30 heavy (non-hydrogen) atoms. The molecule has 0 atom stereocenters. The number of ether oxygens (including phenoxy) is 2. The quantitative estimate of drug-likeness (QED) is 0.639. The molecule has 7 heteroatoms. The zero-order valence-electron chi connectivity index (χ0n) is 17.1. The molecule has 0 bridgehead atoms. The molecular weight excluding hydrogens is 400 g/mol. The predicted octanol–water partition coefficient (Wildman–Crippen LogP) is 4.80. The number of nitrogens with zero attached hydrogens (tertiary/aromatic N) is 1. The van der Waals surface area contributed by atoms with Gasteiger partial charge in [-0.2, -0.15) is 0 Å². The van der Waals surface area contributed by atoms with E-state index >= 15 is 0 Å². The van der Waals surface area contributed by atoms with Gasteiger partial charge >= 0.3 is 0 Å². The number of carbonyl (C=O) groups is 2. The van der Waals surface area contributed by atoms with E-state index in [1.165, 1.54) is 24.9 Å². The molecule has 2 heterocycles. The fraction of sp³-hybridized carbons (Fsp3) is 0.304. The molecule has 0 radical (unpaired) electrons. The van der Waals surface area contributed by atoms with E-state index in [-0.39, 0.29) is 11.8 Å². The summed E-state index contributed by atoms with van der Waals surface area (Å²) in [4.78, 5) is 28.1. The van der Waals surface area contributed by atoms with Crippen LogP contribution in [0.3, 0.4) is 0 Å². The highest BCUT2D eigenvalue weighted by molar-refractivity contribution is 7.20. The van der Waals surface area contributed by atoms with Crippen molar-refractivity contribution in [2.45, 2.75) is 19.3 Å². The van der Waals surface area contributed by atoms with Crippen LogP contribution in [0.15, 0.2) is 42.5 Å². The van der Waals surface area contributed by atoms with Crippen molar-refractivity contribution in [3.05, 3.63) is 52.9 Å². The van der Waals surface area contributed by atoms with Gasteiger partial charge in [-0.1, -0.05) is 0 Å². The van der Waals surface area contributed by atoms with Gasteiger partial charge in [0.2, 0.25) is 0 Å². The van der Waals surface area contributed by atoms with E-state index in [0.29, 0.717) is 22.7 Å². The maximum atomic E-state index is 12.8. The molecular formula is C23H24N2O4S. The van der Waals surface area contributed by atoms with E-state index in [2.05, 4.69) is 5.32 Å². The molecule has 1 N–H and O–H groups in total. The van der Waals surface area contributed by atoms with Crippen LogP contribution in [0, 0.1) is 0 Å². The largest absolute Gasteiger partial charge is 0.493 e. The van der Waals surface area contributed by atoms with Crippen LogP contribution >= 0.6 is 11.3 Å². The van der Waals surface area contributed by atoms with E-state index in [0.717, 1.165) is 40.9 Å². The van der Waals surface area contributed by atoms with Crippen molar-refractivity contribution < 1.29 is 19.1 Å². The third kappa shape index (κ3) is 4.11. The number of hydrogen-bond donors (Lipinski definition) is 1. The first-order chi connectivity index (χ1) is 14.6. The van der Waals surface area contributed by atoms with Crippen molar-refractivity contribution in [1.29, 1.82) is 0 Å². The standard InChI is InChI=1S/C23H24N2O4S/c1-28-18-8-6-15(13-19(18)29-2)22(26)24-17-7-9-20-16(12-17)14-21(30-20)23(27)25-10-4-3-5-11-25/h6-9,12-14H,3-5,10-11H2,1-2H3,(H,24,26). The molecule has 3 aromatic rings. The van der Waals surface area contributed by atoms with Crippen molar-refractivity contribution in [3.8, 4) is 11.5 Å². The number of likely N-dealkylation sites (tertiary alicyclic amines) is 1. The maximum Gasteiger partial charge on any atom is 0.263 e. The summed E-state index contributed by atoms with van der Waals surface area (Å²) < 4.78 is 11.5. The summed E-state index contributed by atoms with van der Waals surface area (Å²) in [6, 6.07) is 12.7. The van der Waals surface area contributed by atoms with Crippen molar-refractivity contribution >= 4 is 38.9 Å². The molecule has 0 unspecified atom stereocenters. The van der Waals surface area contributed by atoms with Crippen LogP contribution in [0.1, 0.15) is 39.3 Å². The number of fused-ring (bicyclic) bond motifs is 1. The smallest absolute Gasteiger partial charge is 0.263 e. The number of benzene rings is 2. The first-order valence-electron chi connectivity index (χ1n) is 9.95. The Morgan fingerprint density at radius 3 is 2.43 bits per heavy atom. The number of anilines is 1. The highest BCUT2D eigenvalue weighted by atomic mass is 32.1. The van der Waals surface area contributed by atoms with Crippen LogP contribution < -0.4 is 14.8 Å². The van der Waals surface area contributed by atoms with Crippen molar-refractivity contribution in [2.75, 3.05) is 32.6 Å². The average Bonchev–Trinajstić information content (AvgIpc) is 3.22. The lowest BCUT2D eigenvalue weighted by molar-refractivity contribution is 0.0729. The Hall–Kier alpha value is -3.06. The Balaban J connectivity index is 1.52. The van der Waals surface area contributed by atoms with E-state index in [4.69, 9.17) is 9.47 Å². The predicted molar refractivity (Wildman–Crippen MR) is 119 cm³/mol. The molecule has 6 nitrogen and oxygen atoms in total. The Morgan fingerprint density at radius 1 is 0.933 bits per heavy atom. The van der Waals surface area contributed by atoms with Crippen molar-refractivity contribution in [3.63, 3.8) is 0 Å². The van der Waals surface area contributed by atoms with Crippen LogP contribution in [-0.4, -0.2) is 44.0 Å². The van der Waals surface area contributed by atoms with Gasteiger partial charge in [-0.3, -0.25) is 9.59 Å². The second-order valence-electron chi connectivity index (χ2n) is 7.24. The number of hydrogen-bond acceptors (Lipinski definition) is 5. The van der Waals surface area contributed by atoms with E-state index in [1.54, 1.807) is 25.3 Å². The van der Waals surface area contributed by atoms with Crippen LogP contribution in [0.25, 0.3) is 10.1 Å². The van der Waals surface area contributed by atoms with Gasteiger partial charge in [0.05, 0.1) is 19.1 Å². The molecule has 2 amide bonds. The molecule has 1 aliphatic heterocycles. The number of rotatable bonds is 5.